The average molecular weight is 403 g/mol. The van der Waals surface area contributed by atoms with Gasteiger partial charge in [-0.05, 0) is 13.0 Å². The number of hydrogen-bond donors (Lipinski definition) is 2. The number of carboxylic acid groups (broad SMARTS) is 1. The Kier molecular flexibility index (Phi) is 4.87. The van der Waals surface area contributed by atoms with Crippen molar-refractivity contribution in [1.82, 2.24) is 9.47 Å². The molecule has 1 atom stereocenters. The van der Waals surface area contributed by atoms with Gasteiger partial charge < -0.3 is 19.7 Å². The summed E-state index contributed by atoms with van der Waals surface area (Å²) in [7, 11) is 0. The van der Waals surface area contributed by atoms with Crippen LogP contribution in [0, 0.1) is 5.82 Å². The normalized spacial score (nSPS) is 19.8. The number of Topliss-reactive ketones (excluding diaryl/α,β-unsaturated/α-hetero) is 1. The summed E-state index contributed by atoms with van der Waals surface area (Å²) in [6.07, 6.45) is 1.36. The number of aliphatic hydroxyl groups excluding tert-OH is 1. The lowest BCUT2D eigenvalue weighted by Crippen LogP contribution is -2.48. The predicted octanol–water partition coefficient (Wildman–Crippen LogP) is 1.10. The standard InChI is InChI=1S/C20H22FN3O5/c1-11-8-15(26)16-17-12(19(27)13(20(28)29)10-24(11)17)9-14(21)18(16)23-4-2-22(3-5-23)6-7-25/h9-11,25H,2-8H2,1H3,(H,28,29). The van der Waals surface area contributed by atoms with Gasteiger partial charge in [-0.3, -0.25) is 14.5 Å². The van der Waals surface area contributed by atoms with Crippen molar-refractivity contribution in [2.45, 2.75) is 19.4 Å². The number of nitrogens with zero attached hydrogens (tertiary/aromatic N) is 3. The van der Waals surface area contributed by atoms with E-state index < -0.39 is 22.8 Å². The lowest BCUT2D eigenvalue weighted by molar-refractivity contribution is 0.0694. The molecule has 0 radical (unpaired) electrons. The van der Waals surface area contributed by atoms with Gasteiger partial charge in [0.2, 0.25) is 5.43 Å². The van der Waals surface area contributed by atoms with Crippen LogP contribution in [0.25, 0.3) is 10.9 Å². The highest BCUT2D eigenvalue weighted by atomic mass is 19.1. The molecule has 1 aromatic carbocycles. The molecule has 2 aliphatic heterocycles. The molecule has 9 heteroatoms. The highest BCUT2D eigenvalue weighted by molar-refractivity contribution is 6.13. The zero-order valence-corrected chi connectivity index (χ0v) is 16.0. The molecule has 0 spiro atoms. The molecule has 8 nitrogen and oxygen atoms in total. The number of aromatic nitrogens is 1. The van der Waals surface area contributed by atoms with Crippen LogP contribution in [0.3, 0.4) is 0 Å². The molecule has 2 aromatic rings. The minimum atomic E-state index is -1.38. The maximum absolute atomic E-state index is 15.2. The summed E-state index contributed by atoms with van der Waals surface area (Å²) in [5, 5.41) is 18.4. The molecule has 3 heterocycles. The van der Waals surface area contributed by atoms with Crippen LogP contribution in [0.2, 0.25) is 0 Å². The fourth-order valence-electron chi connectivity index (χ4n) is 4.36. The Morgan fingerprint density at radius 3 is 2.55 bits per heavy atom. The second-order valence-corrected chi connectivity index (χ2v) is 7.59. The minimum Gasteiger partial charge on any atom is -0.477 e. The molecule has 1 saturated heterocycles. The van der Waals surface area contributed by atoms with Crippen LogP contribution in [0.15, 0.2) is 17.1 Å². The first-order chi connectivity index (χ1) is 13.8. The molecule has 4 rings (SSSR count). The van der Waals surface area contributed by atoms with Crippen LogP contribution in [0.4, 0.5) is 10.1 Å². The quantitative estimate of drug-likeness (QED) is 0.788. The summed E-state index contributed by atoms with van der Waals surface area (Å²) in [5.74, 6) is -2.33. The van der Waals surface area contributed by atoms with Gasteiger partial charge in [0.05, 0.1) is 28.8 Å². The summed E-state index contributed by atoms with van der Waals surface area (Å²) in [4.78, 5) is 40.9. The Morgan fingerprint density at radius 1 is 1.24 bits per heavy atom. The van der Waals surface area contributed by atoms with E-state index in [1.54, 1.807) is 16.4 Å². The second kappa shape index (κ2) is 7.23. The second-order valence-electron chi connectivity index (χ2n) is 7.59. The number of rotatable bonds is 4. The lowest BCUT2D eigenvalue weighted by Gasteiger charge is -2.38. The van der Waals surface area contributed by atoms with Crippen molar-refractivity contribution in [3.05, 3.63) is 39.4 Å². The van der Waals surface area contributed by atoms with Crippen LogP contribution in [-0.2, 0) is 0 Å². The third kappa shape index (κ3) is 3.10. The lowest BCUT2D eigenvalue weighted by atomic mass is 9.92. The third-order valence-electron chi connectivity index (χ3n) is 5.81. The predicted molar refractivity (Wildman–Crippen MR) is 105 cm³/mol. The Balaban J connectivity index is 1.93. The summed E-state index contributed by atoms with van der Waals surface area (Å²) < 4.78 is 16.8. The first kappa shape index (κ1) is 19.5. The Labute approximate surface area is 165 Å². The Morgan fingerprint density at radius 2 is 1.93 bits per heavy atom. The van der Waals surface area contributed by atoms with E-state index in [9.17, 15) is 19.5 Å². The fraction of sp³-hybridized carbons (Fsp3) is 0.450. The van der Waals surface area contributed by atoms with Gasteiger partial charge in [0, 0.05) is 51.4 Å². The number of piperazine rings is 1. The van der Waals surface area contributed by atoms with Gasteiger partial charge in [0.15, 0.2) is 5.78 Å². The van der Waals surface area contributed by atoms with Gasteiger partial charge >= 0.3 is 5.97 Å². The molecule has 0 bridgehead atoms. The van der Waals surface area contributed by atoms with Crippen molar-refractivity contribution in [2.24, 2.45) is 0 Å². The summed E-state index contributed by atoms with van der Waals surface area (Å²) in [6.45, 7) is 4.55. The van der Waals surface area contributed by atoms with Gasteiger partial charge in [-0.25, -0.2) is 9.18 Å². The van der Waals surface area contributed by atoms with Crippen molar-refractivity contribution in [1.29, 1.82) is 0 Å². The van der Waals surface area contributed by atoms with E-state index in [-0.39, 0.29) is 41.5 Å². The summed E-state index contributed by atoms with van der Waals surface area (Å²) in [5.41, 5.74) is -0.588. The molecule has 1 fully saturated rings. The van der Waals surface area contributed by atoms with E-state index in [0.29, 0.717) is 38.2 Å². The number of aliphatic hydroxyl groups is 1. The minimum absolute atomic E-state index is 0.0458. The zero-order valence-electron chi connectivity index (χ0n) is 16.0. The van der Waals surface area contributed by atoms with Crippen LogP contribution in [-0.4, -0.2) is 70.8 Å². The van der Waals surface area contributed by atoms with E-state index in [0.717, 1.165) is 6.07 Å². The van der Waals surface area contributed by atoms with Gasteiger partial charge in [0.1, 0.15) is 11.4 Å². The highest BCUT2D eigenvalue weighted by Crippen LogP contribution is 2.38. The number of pyridine rings is 1. The SMILES string of the molecule is CC1CC(=O)c2c(N3CCN(CCO)CC3)c(F)cc3c(=O)c(C(=O)O)cn1c23. The van der Waals surface area contributed by atoms with Crippen LogP contribution < -0.4 is 10.3 Å². The zero-order chi connectivity index (χ0) is 20.9. The Hall–Kier alpha value is -2.78. The smallest absolute Gasteiger partial charge is 0.341 e. The molecule has 0 saturated carbocycles. The average Bonchev–Trinajstić information content (AvgIpc) is 2.67. The molecule has 0 amide bonds. The number of carbonyl (C=O) groups excluding carboxylic acids is 1. The maximum atomic E-state index is 15.2. The number of halogens is 1. The van der Waals surface area contributed by atoms with Crippen LogP contribution in [0.5, 0.6) is 0 Å². The molecular formula is C20H22FN3O5. The summed E-state index contributed by atoms with van der Waals surface area (Å²) in [6, 6.07) is 0.723. The first-order valence-corrected chi connectivity index (χ1v) is 9.59. The van der Waals surface area contributed by atoms with E-state index in [1.165, 1.54) is 6.20 Å². The molecular weight excluding hydrogens is 381 g/mol. The number of anilines is 1. The number of aromatic carboxylic acids is 1. The van der Waals surface area contributed by atoms with Crippen LogP contribution in [0.1, 0.15) is 40.1 Å². The monoisotopic (exact) mass is 403 g/mol. The molecule has 29 heavy (non-hydrogen) atoms. The fourth-order valence-corrected chi connectivity index (χ4v) is 4.36. The van der Waals surface area contributed by atoms with E-state index in [2.05, 4.69) is 4.90 Å². The van der Waals surface area contributed by atoms with Crippen molar-refractivity contribution in [2.75, 3.05) is 44.2 Å². The molecule has 0 aliphatic carbocycles. The van der Waals surface area contributed by atoms with Crippen molar-refractivity contribution < 1.29 is 24.2 Å². The number of carboxylic acids is 1. The molecule has 1 unspecified atom stereocenters. The third-order valence-corrected chi connectivity index (χ3v) is 5.81. The molecule has 1 aromatic heterocycles. The van der Waals surface area contributed by atoms with Gasteiger partial charge in [-0.15, -0.1) is 0 Å². The molecule has 2 N–H and O–H groups in total. The highest BCUT2D eigenvalue weighted by Gasteiger charge is 2.33. The number of benzene rings is 1. The van der Waals surface area contributed by atoms with Gasteiger partial charge in [-0.1, -0.05) is 0 Å². The first-order valence-electron chi connectivity index (χ1n) is 9.59. The number of β-amino-alcohol motifs (C(OH)–C–C–N with tert-alkyl or cyclic N) is 1. The Bertz CT molecular complexity index is 1070. The largest absolute Gasteiger partial charge is 0.477 e. The van der Waals surface area contributed by atoms with Crippen molar-refractivity contribution in [3.8, 4) is 0 Å². The topological polar surface area (TPSA) is 103 Å². The number of carbonyl (C=O) groups is 2. The molecule has 154 valence electrons. The van der Waals surface area contributed by atoms with Crippen LogP contribution >= 0.6 is 0 Å². The van der Waals surface area contributed by atoms with Crippen molar-refractivity contribution >= 4 is 28.3 Å². The molecule has 2 aliphatic rings. The number of ketones is 1. The maximum Gasteiger partial charge on any atom is 0.341 e. The van der Waals surface area contributed by atoms with E-state index in [4.69, 9.17) is 5.11 Å². The van der Waals surface area contributed by atoms with Gasteiger partial charge in [-0.2, -0.15) is 0 Å². The van der Waals surface area contributed by atoms with E-state index >= 15 is 4.39 Å². The van der Waals surface area contributed by atoms with E-state index in [1.807, 2.05) is 0 Å². The summed E-state index contributed by atoms with van der Waals surface area (Å²) >= 11 is 0. The van der Waals surface area contributed by atoms with Gasteiger partial charge in [0.25, 0.3) is 0 Å². The number of hydrogen-bond acceptors (Lipinski definition) is 6. The van der Waals surface area contributed by atoms with Crippen molar-refractivity contribution in [3.63, 3.8) is 0 Å².